The molecule has 0 radical (unpaired) electrons. The van der Waals surface area contributed by atoms with Crippen molar-refractivity contribution in [3.8, 4) is 55.9 Å². The van der Waals surface area contributed by atoms with Gasteiger partial charge in [0.2, 0.25) is 0 Å². The summed E-state index contributed by atoms with van der Waals surface area (Å²) in [4.78, 5) is 5.51. The molecule has 2 aliphatic rings. The van der Waals surface area contributed by atoms with E-state index in [1.165, 1.54) is 194 Å². The Morgan fingerprint density at radius 1 is 0.246 bits per heavy atom. The van der Waals surface area contributed by atoms with Gasteiger partial charge in [0.15, 0.2) is 0 Å². The lowest BCUT2D eigenvalue weighted by molar-refractivity contribution is 0.589. The molecule has 19 aromatic rings. The highest BCUT2D eigenvalue weighted by atomic mass is 15.2. The van der Waals surface area contributed by atoms with Crippen LogP contribution in [0.25, 0.3) is 121 Å². The number of benzene rings is 16. The second kappa shape index (κ2) is 28.2. The highest BCUT2D eigenvalue weighted by Crippen LogP contribution is 2.47. The SMILES string of the molecule is CC(C)(C)c1cccc(Cc2ccc3c(c2)N(Cc2c(-c4ccccc4)cccc2-c2ccccc2)c2cc(Cn4c5ccccc5c5cc(-n6c7ccccc7c7ccccc76)ccc54)cc4c2B3c2ccc(-n3c5ccc(C(C)(C)C)cc5c5cc(C(C)(C)C)ccc53)cc2N4Cc2cc(-c3ccccc3)cc(-c3ccccc3)c2)c1. The van der Waals surface area contributed by atoms with E-state index in [1.54, 1.807) is 0 Å². The standard InChI is InChI=1S/C112H94BN5/c1-110(2,3)83-39-28-30-73(61-83)58-74-48-53-97-105(62-74)116(72-96-88(79-35-18-12-19-36-79)43-29-44-89(96)80-37-20-13-21-38-80)108-64-76(71-114-99-45-25-22-42-92(99)95-68-86(52-57-100(95)114)117-101-46-26-23-40-90(101)91-41-24-27-47-102(91)117)63-107-109(108)113(97)98-54-51-87(118-103-55-49-84(111(4,5)6)66-93(103)94-67-85(112(7,8)9)50-56-104(94)118)69-106(98)115(107)70-75-59-81(77-31-14-10-15-32-77)65-82(60-75)78-33-16-11-17-34-78/h10-57,59-69H,58,70-72H2,1-9H3. The van der Waals surface area contributed by atoms with E-state index < -0.39 is 0 Å². The van der Waals surface area contributed by atoms with Crippen LogP contribution in [0.5, 0.6) is 0 Å². The van der Waals surface area contributed by atoms with Crippen molar-refractivity contribution in [1.29, 1.82) is 0 Å². The number of rotatable bonds is 14. The number of aromatic nitrogens is 3. The molecule has 16 aromatic carbocycles. The minimum atomic E-state index is -0.174. The molecule has 118 heavy (non-hydrogen) atoms. The van der Waals surface area contributed by atoms with E-state index in [0.717, 1.165) is 17.8 Å². The van der Waals surface area contributed by atoms with Gasteiger partial charge in [0.1, 0.15) is 0 Å². The van der Waals surface area contributed by atoms with Gasteiger partial charge in [-0.15, -0.1) is 0 Å². The molecule has 0 unspecified atom stereocenters. The smallest absolute Gasteiger partial charge is 0.252 e. The van der Waals surface area contributed by atoms with Gasteiger partial charge in [-0.2, -0.15) is 0 Å². The van der Waals surface area contributed by atoms with Crippen LogP contribution in [0.3, 0.4) is 0 Å². The Morgan fingerprint density at radius 3 is 1.19 bits per heavy atom. The van der Waals surface area contributed by atoms with Crippen LogP contribution in [0.15, 0.2) is 358 Å². The van der Waals surface area contributed by atoms with Crippen LogP contribution in [-0.2, 0) is 42.3 Å². The molecule has 0 fully saturated rings. The van der Waals surface area contributed by atoms with Crippen LogP contribution >= 0.6 is 0 Å². The second-order valence-electron chi connectivity index (χ2n) is 36.1. The summed E-state index contributed by atoms with van der Waals surface area (Å²) in [5.74, 6) is 0. The summed E-state index contributed by atoms with van der Waals surface area (Å²) < 4.78 is 7.65. The van der Waals surface area contributed by atoms with Gasteiger partial charge in [0.25, 0.3) is 6.71 Å². The molecule has 0 spiro atoms. The Bertz CT molecular complexity index is 6940. The lowest BCUT2D eigenvalue weighted by atomic mass is 9.33. The Hall–Kier alpha value is -13.4. The number of nitrogens with zero attached hydrogens (tertiary/aromatic N) is 5. The van der Waals surface area contributed by atoms with E-state index in [0.29, 0.717) is 19.6 Å². The van der Waals surface area contributed by atoms with Crippen LogP contribution in [0, 0.1) is 0 Å². The zero-order chi connectivity index (χ0) is 79.9. The van der Waals surface area contributed by atoms with Gasteiger partial charge in [0.05, 0.1) is 22.1 Å². The first kappa shape index (κ1) is 72.3. The lowest BCUT2D eigenvalue weighted by Gasteiger charge is -2.45. The zero-order valence-corrected chi connectivity index (χ0v) is 68.7. The highest BCUT2D eigenvalue weighted by Gasteiger charge is 2.44. The Morgan fingerprint density at radius 2 is 0.644 bits per heavy atom. The molecule has 0 saturated carbocycles. The molecule has 5 nitrogen and oxygen atoms in total. The third kappa shape index (κ3) is 12.5. The minimum absolute atomic E-state index is 0.00978. The van der Waals surface area contributed by atoms with Gasteiger partial charge >= 0.3 is 0 Å². The van der Waals surface area contributed by atoms with Gasteiger partial charge in [0, 0.05) is 97.1 Å². The summed E-state index contributed by atoms with van der Waals surface area (Å²) in [5, 5.41) is 7.50. The summed E-state index contributed by atoms with van der Waals surface area (Å²) >= 11 is 0. The summed E-state index contributed by atoms with van der Waals surface area (Å²) in [7, 11) is 0. The quantitative estimate of drug-likeness (QED) is 0.101. The molecule has 0 aliphatic carbocycles. The molecule has 0 N–H and O–H groups in total. The van der Waals surface area contributed by atoms with Crippen LogP contribution in [-0.4, -0.2) is 20.4 Å². The maximum atomic E-state index is 2.76. The van der Waals surface area contributed by atoms with Gasteiger partial charge in [-0.05, 0) is 237 Å². The van der Waals surface area contributed by atoms with Crippen LogP contribution in [0.1, 0.15) is 107 Å². The minimum Gasteiger partial charge on any atom is -0.338 e. The molecular formula is C112H94BN5. The van der Waals surface area contributed by atoms with E-state index in [2.05, 4.69) is 444 Å². The molecule has 0 atom stereocenters. The maximum Gasteiger partial charge on any atom is 0.252 e. The second-order valence-corrected chi connectivity index (χ2v) is 36.1. The molecule has 6 heteroatoms. The average Bonchev–Trinajstić information content (AvgIpc) is 0.756. The summed E-state index contributed by atoms with van der Waals surface area (Å²) in [6.07, 6.45) is 0.782. The topological polar surface area (TPSA) is 21.3 Å². The summed E-state index contributed by atoms with van der Waals surface area (Å²) in [6.45, 7) is 22.6. The number of hydrogen-bond acceptors (Lipinski definition) is 2. The van der Waals surface area contributed by atoms with Crippen LogP contribution < -0.4 is 26.2 Å². The molecule has 0 bridgehead atoms. The fourth-order valence-corrected chi connectivity index (χ4v) is 19.5. The van der Waals surface area contributed by atoms with Gasteiger partial charge in [-0.3, -0.25) is 0 Å². The maximum absolute atomic E-state index is 2.76. The molecule has 21 rings (SSSR count). The molecule has 0 amide bonds. The summed E-state index contributed by atoms with van der Waals surface area (Å²) in [5.41, 5.74) is 37.9. The third-order valence-electron chi connectivity index (χ3n) is 25.5. The van der Waals surface area contributed by atoms with Gasteiger partial charge < -0.3 is 23.5 Å². The van der Waals surface area contributed by atoms with Crippen molar-refractivity contribution in [2.24, 2.45) is 0 Å². The Kier molecular flexibility index (Phi) is 17.3. The fraction of sp³-hybridized carbons (Fsp3) is 0.143. The number of fused-ring (bicyclic) bond motifs is 13. The normalized spacial score (nSPS) is 12.9. The number of para-hydroxylation sites is 3. The van der Waals surface area contributed by atoms with E-state index in [1.807, 2.05) is 0 Å². The molecular weight excluding hydrogens is 1430 g/mol. The van der Waals surface area contributed by atoms with Gasteiger partial charge in [-0.1, -0.05) is 311 Å². The van der Waals surface area contributed by atoms with E-state index in [4.69, 9.17) is 0 Å². The van der Waals surface area contributed by atoms with Crippen LogP contribution in [0.4, 0.5) is 22.7 Å². The molecule has 5 heterocycles. The highest BCUT2D eigenvalue weighted by molar-refractivity contribution is 7.00. The largest absolute Gasteiger partial charge is 0.338 e. The summed E-state index contributed by atoms with van der Waals surface area (Å²) in [6, 6.07) is 137. The Balaban J connectivity index is 0.852. The first-order valence-corrected chi connectivity index (χ1v) is 42.0. The molecule has 3 aromatic heterocycles. The van der Waals surface area contributed by atoms with E-state index >= 15 is 0 Å². The first-order chi connectivity index (χ1) is 57.4. The van der Waals surface area contributed by atoms with Crippen molar-refractivity contribution in [3.05, 3.63) is 402 Å². The fourth-order valence-electron chi connectivity index (χ4n) is 19.5. The van der Waals surface area contributed by atoms with Crippen molar-refractivity contribution in [1.82, 2.24) is 13.7 Å². The van der Waals surface area contributed by atoms with Crippen molar-refractivity contribution < 1.29 is 0 Å². The van der Waals surface area contributed by atoms with E-state index in [9.17, 15) is 0 Å². The predicted molar refractivity (Wildman–Crippen MR) is 503 cm³/mol. The first-order valence-electron chi connectivity index (χ1n) is 42.0. The van der Waals surface area contributed by atoms with Crippen molar-refractivity contribution in [2.45, 2.75) is 105 Å². The molecule has 570 valence electrons. The molecule has 0 saturated heterocycles. The Labute approximate surface area is 693 Å². The third-order valence-corrected chi connectivity index (χ3v) is 25.5. The number of hydrogen-bond donors (Lipinski definition) is 0. The zero-order valence-electron chi connectivity index (χ0n) is 68.7. The number of anilines is 4. The average molecular weight is 1520 g/mol. The predicted octanol–water partition coefficient (Wildman–Crippen LogP) is 27.0. The van der Waals surface area contributed by atoms with Crippen molar-refractivity contribution in [3.63, 3.8) is 0 Å². The molecule has 2 aliphatic heterocycles. The van der Waals surface area contributed by atoms with Gasteiger partial charge in [-0.25, -0.2) is 0 Å². The van der Waals surface area contributed by atoms with Crippen molar-refractivity contribution >= 4 is 111 Å². The lowest BCUT2D eigenvalue weighted by Crippen LogP contribution is -2.62. The van der Waals surface area contributed by atoms with Crippen molar-refractivity contribution in [2.75, 3.05) is 9.80 Å². The van der Waals surface area contributed by atoms with E-state index in [-0.39, 0.29) is 23.0 Å². The van der Waals surface area contributed by atoms with Crippen LogP contribution in [0.2, 0.25) is 0 Å². The monoisotopic (exact) mass is 1520 g/mol.